The van der Waals surface area contributed by atoms with Crippen molar-refractivity contribution in [2.24, 2.45) is 0 Å². The summed E-state index contributed by atoms with van der Waals surface area (Å²) in [6.07, 6.45) is 0. The molecule has 2 heterocycles. The summed E-state index contributed by atoms with van der Waals surface area (Å²) in [4.78, 5) is 16.0. The van der Waals surface area contributed by atoms with Crippen LogP contribution in [0.2, 0.25) is 0 Å². The Morgan fingerprint density at radius 2 is 1.84 bits per heavy atom. The first-order valence-electron chi connectivity index (χ1n) is 8.57. The van der Waals surface area contributed by atoms with E-state index in [9.17, 15) is 4.79 Å². The molecule has 0 spiro atoms. The summed E-state index contributed by atoms with van der Waals surface area (Å²) in [6.45, 7) is 6.87. The smallest absolute Gasteiger partial charge is 0.261 e. The number of carbonyl (C=O) groups is 1. The van der Waals surface area contributed by atoms with Gasteiger partial charge in [0.15, 0.2) is 6.61 Å². The second-order valence-electron chi connectivity index (χ2n) is 6.56. The highest BCUT2D eigenvalue weighted by molar-refractivity contribution is 7.09. The minimum atomic E-state index is 0.00294. The molecule has 1 fully saturated rings. The molecule has 1 aromatic heterocycles. The van der Waals surface area contributed by atoms with Gasteiger partial charge in [-0.05, 0) is 44.4 Å². The number of thiophene rings is 1. The monoisotopic (exact) mass is 359 g/mol. The first-order chi connectivity index (χ1) is 12.0. The summed E-state index contributed by atoms with van der Waals surface area (Å²) in [7, 11) is 0. The van der Waals surface area contributed by atoms with Crippen LogP contribution in [0.3, 0.4) is 0 Å². The third-order valence-corrected chi connectivity index (χ3v) is 5.39. The topological polar surface area (TPSA) is 53.6 Å². The van der Waals surface area contributed by atoms with Gasteiger partial charge in [-0.3, -0.25) is 15.6 Å². The molecule has 3 rings (SSSR count). The lowest BCUT2D eigenvalue weighted by Gasteiger charge is -2.33. The minimum Gasteiger partial charge on any atom is -0.484 e. The average molecular weight is 359 g/mol. The Morgan fingerprint density at radius 1 is 1.16 bits per heavy atom. The van der Waals surface area contributed by atoms with Crippen molar-refractivity contribution < 1.29 is 9.53 Å². The van der Waals surface area contributed by atoms with E-state index in [0.29, 0.717) is 6.54 Å². The molecule has 5 nitrogen and oxygen atoms in total. The molecule has 1 saturated heterocycles. The second kappa shape index (κ2) is 7.99. The van der Waals surface area contributed by atoms with Gasteiger partial charge in [0, 0.05) is 17.0 Å². The number of nitrogens with zero attached hydrogens (tertiary/aromatic N) is 1. The zero-order valence-corrected chi connectivity index (χ0v) is 15.7. The number of aryl methyl sites for hydroxylation is 1. The van der Waals surface area contributed by atoms with Gasteiger partial charge in [0.05, 0.1) is 12.6 Å². The Labute approximate surface area is 153 Å². The molecule has 1 aromatic carbocycles. The van der Waals surface area contributed by atoms with Gasteiger partial charge in [-0.1, -0.05) is 23.8 Å². The zero-order valence-electron chi connectivity index (χ0n) is 14.9. The van der Waals surface area contributed by atoms with Crippen LogP contribution in [0.4, 0.5) is 0 Å². The molecule has 134 valence electrons. The van der Waals surface area contributed by atoms with Crippen LogP contribution in [0.5, 0.6) is 5.75 Å². The Kier molecular flexibility index (Phi) is 5.73. The van der Waals surface area contributed by atoms with E-state index < -0.39 is 0 Å². The van der Waals surface area contributed by atoms with Gasteiger partial charge in [-0.15, -0.1) is 11.3 Å². The molecule has 0 saturated carbocycles. The van der Waals surface area contributed by atoms with Crippen LogP contribution in [0.15, 0.2) is 41.8 Å². The van der Waals surface area contributed by atoms with E-state index in [1.807, 2.05) is 47.5 Å². The maximum absolute atomic E-state index is 12.9. The van der Waals surface area contributed by atoms with Crippen molar-refractivity contribution in [3.63, 3.8) is 0 Å². The lowest BCUT2D eigenvalue weighted by molar-refractivity contribution is -0.136. The molecule has 2 unspecified atom stereocenters. The standard InChI is InChI=1S/C19H25N3O2S/c1-13-6-8-16(9-7-13)24-12-18(23)22(11-17-5-4-10-25-17)19-14(2)20-21-15(19)3/h4-10,14-15,19-21H,11-12H2,1-3H3. The second-order valence-corrected chi connectivity index (χ2v) is 7.59. The highest BCUT2D eigenvalue weighted by atomic mass is 32.1. The first-order valence-corrected chi connectivity index (χ1v) is 9.45. The van der Waals surface area contributed by atoms with Gasteiger partial charge in [0.1, 0.15) is 5.75 Å². The molecule has 2 aromatic rings. The number of benzene rings is 1. The predicted molar refractivity (Wildman–Crippen MR) is 101 cm³/mol. The van der Waals surface area contributed by atoms with Crippen molar-refractivity contribution in [3.05, 3.63) is 52.2 Å². The van der Waals surface area contributed by atoms with E-state index in [-0.39, 0.29) is 30.6 Å². The number of carbonyl (C=O) groups excluding carboxylic acids is 1. The molecule has 1 aliphatic rings. The zero-order chi connectivity index (χ0) is 17.8. The number of amides is 1. The van der Waals surface area contributed by atoms with Crippen LogP contribution < -0.4 is 15.6 Å². The molecular weight excluding hydrogens is 334 g/mol. The molecule has 1 aliphatic heterocycles. The number of hydrogen-bond donors (Lipinski definition) is 2. The van der Waals surface area contributed by atoms with Gasteiger partial charge in [0.2, 0.25) is 0 Å². The fourth-order valence-corrected chi connectivity index (χ4v) is 3.90. The Bertz CT molecular complexity index is 677. The highest BCUT2D eigenvalue weighted by Crippen LogP contribution is 2.21. The lowest BCUT2D eigenvalue weighted by Crippen LogP contribution is -2.50. The molecule has 0 aliphatic carbocycles. The molecule has 2 N–H and O–H groups in total. The summed E-state index contributed by atoms with van der Waals surface area (Å²) in [5, 5.41) is 2.04. The maximum atomic E-state index is 12.9. The fraction of sp³-hybridized carbons (Fsp3) is 0.421. The van der Waals surface area contributed by atoms with Gasteiger partial charge < -0.3 is 9.64 Å². The molecule has 6 heteroatoms. The van der Waals surface area contributed by atoms with E-state index in [4.69, 9.17) is 4.74 Å². The third-order valence-electron chi connectivity index (χ3n) is 4.53. The van der Waals surface area contributed by atoms with E-state index in [1.54, 1.807) is 11.3 Å². The van der Waals surface area contributed by atoms with Crippen molar-refractivity contribution in [1.82, 2.24) is 15.8 Å². The van der Waals surface area contributed by atoms with Crippen LogP contribution in [-0.2, 0) is 11.3 Å². The van der Waals surface area contributed by atoms with E-state index in [1.165, 1.54) is 10.4 Å². The van der Waals surface area contributed by atoms with Gasteiger partial charge >= 0.3 is 0 Å². The maximum Gasteiger partial charge on any atom is 0.261 e. The summed E-state index contributed by atoms with van der Waals surface area (Å²) >= 11 is 1.67. The summed E-state index contributed by atoms with van der Waals surface area (Å²) in [5.74, 6) is 0.724. The van der Waals surface area contributed by atoms with E-state index in [0.717, 1.165) is 5.75 Å². The summed E-state index contributed by atoms with van der Waals surface area (Å²) in [5.41, 5.74) is 7.64. The number of rotatable bonds is 6. The summed E-state index contributed by atoms with van der Waals surface area (Å²) < 4.78 is 5.72. The van der Waals surface area contributed by atoms with Crippen LogP contribution in [-0.4, -0.2) is 35.5 Å². The number of nitrogens with one attached hydrogen (secondary N) is 2. The first kappa shape index (κ1) is 17.9. The molecule has 1 amide bonds. The Balaban J connectivity index is 1.71. The highest BCUT2D eigenvalue weighted by Gasteiger charge is 2.37. The van der Waals surface area contributed by atoms with Crippen LogP contribution in [0.25, 0.3) is 0 Å². The lowest BCUT2D eigenvalue weighted by atomic mass is 10.0. The third kappa shape index (κ3) is 4.39. The van der Waals surface area contributed by atoms with Gasteiger partial charge in [-0.2, -0.15) is 0 Å². The SMILES string of the molecule is Cc1ccc(OCC(=O)N(Cc2cccs2)C2C(C)NNC2C)cc1. The normalized spacial score (nSPS) is 22.8. The molecule has 25 heavy (non-hydrogen) atoms. The van der Waals surface area contributed by atoms with Crippen LogP contribution >= 0.6 is 11.3 Å². The van der Waals surface area contributed by atoms with Crippen LogP contribution in [0.1, 0.15) is 24.3 Å². The van der Waals surface area contributed by atoms with Crippen molar-refractivity contribution >= 4 is 17.2 Å². The number of hydrazine groups is 1. The van der Waals surface area contributed by atoms with Crippen molar-refractivity contribution in [1.29, 1.82) is 0 Å². The molecular formula is C19H25N3O2S. The molecule has 2 atom stereocenters. The quantitative estimate of drug-likeness (QED) is 0.833. The average Bonchev–Trinajstić information content (AvgIpc) is 3.22. The Hall–Kier alpha value is -1.89. The van der Waals surface area contributed by atoms with E-state index in [2.05, 4.69) is 30.8 Å². The van der Waals surface area contributed by atoms with Crippen LogP contribution in [0, 0.1) is 6.92 Å². The predicted octanol–water partition coefficient (Wildman–Crippen LogP) is 2.72. The van der Waals surface area contributed by atoms with E-state index >= 15 is 0 Å². The van der Waals surface area contributed by atoms with Gasteiger partial charge in [0.25, 0.3) is 5.91 Å². The number of ether oxygens (including phenoxy) is 1. The van der Waals surface area contributed by atoms with Crippen molar-refractivity contribution in [2.75, 3.05) is 6.61 Å². The van der Waals surface area contributed by atoms with Gasteiger partial charge in [-0.25, -0.2) is 0 Å². The Morgan fingerprint density at radius 3 is 2.44 bits per heavy atom. The minimum absolute atomic E-state index is 0.00294. The van der Waals surface area contributed by atoms with Crippen molar-refractivity contribution in [2.45, 2.75) is 45.4 Å². The molecule has 0 radical (unpaired) electrons. The largest absolute Gasteiger partial charge is 0.484 e. The fourth-order valence-electron chi connectivity index (χ4n) is 3.20. The molecule has 0 bridgehead atoms. The number of hydrogen-bond acceptors (Lipinski definition) is 5. The van der Waals surface area contributed by atoms with Crippen molar-refractivity contribution in [3.8, 4) is 5.75 Å². The summed E-state index contributed by atoms with van der Waals surface area (Å²) in [6, 6.07) is 12.3.